The molecule has 0 fully saturated rings. The Morgan fingerprint density at radius 2 is 2.00 bits per heavy atom. The van der Waals surface area contributed by atoms with Gasteiger partial charge in [0.2, 0.25) is 0 Å². The molecule has 0 aliphatic carbocycles. The first-order valence-corrected chi connectivity index (χ1v) is 10.1. The lowest BCUT2D eigenvalue weighted by Gasteiger charge is -2.17. The third kappa shape index (κ3) is 8.17. The van der Waals surface area contributed by atoms with Crippen molar-refractivity contribution in [1.82, 2.24) is 10.6 Å². The van der Waals surface area contributed by atoms with Gasteiger partial charge in [0.15, 0.2) is 11.7 Å². The molecule has 0 bridgehead atoms. The Kier molecular flexibility index (Phi) is 10.3. The molecule has 1 atom stereocenters. The van der Waals surface area contributed by atoms with Crippen molar-refractivity contribution in [2.75, 3.05) is 13.2 Å². The maximum Gasteiger partial charge on any atom is 0.264 e. The Morgan fingerprint density at radius 3 is 2.58 bits per heavy atom. The van der Waals surface area contributed by atoms with Crippen LogP contribution in [-0.2, 0) is 4.79 Å². The molecule has 4 nitrogen and oxygen atoms in total. The molecule has 1 aromatic rings. The Balaban J connectivity index is 2.37. The van der Waals surface area contributed by atoms with Gasteiger partial charge in [-0.05, 0) is 60.7 Å². The molecule has 0 aromatic heterocycles. The molecule has 26 heavy (non-hydrogen) atoms. The molecule has 1 rings (SSSR count). The first-order valence-electron chi connectivity index (χ1n) is 9.68. The van der Waals surface area contributed by atoms with Crippen molar-refractivity contribution in [3.05, 3.63) is 29.3 Å². The monoisotopic (exact) mass is 378 g/mol. The number of benzene rings is 1. The molecule has 0 radical (unpaired) electrons. The van der Waals surface area contributed by atoms with Crippen molar-refractivity contribution in [2.45, 2.75) is 66.2 Å². The van der Waals surface area contributed by atoms with Crippen LogP contribution in [0.15, 0.2) is 18.2 Å². The largest absolute Gasteiger partial charge is 0.484 e. The zero-order chi connectivity index (χ0) is 19.5. The summed E-state index contributed by atoms with van der Waals surface area (Å²) in [4.78, 5) is 12.0. The van der Waals surface area contributed by atoms with Gasteiger partial charge in [-0.3, -0.25) is 4.79 Å². The molecular weight excluding hydrogens is 344 g/mol. The number of rotatable bonds is 10. The second-order valence-corrected chi connectivity index (χ2v) is 7.54. The lowest BCUT2D eigenvalue weighted by Crippen LogP contribution is -2.43. The highest BCUT2D eigenvalue weighted by molar-refractivity contribution is 7.80. The average Bonchev–Trinajstić information content (AvgIpc) is 2.60. The summed E-state index contributed by atoms with van der Waals surface area (Å²) in [5.74, 6) is 1.52. The van der Waals surface area contributed by atoms with Crippen LogP contribution in [0.3, 0.4) is 0 Å². The Morgan fingerprint density at radius 1 is 1.27 bits per heavy atom. The highest BCUT2D eigenvalue weighted by atomic mass is 32.1. The van der Waals surface area contributed by atoms with Gasteiger partial charge in [0.1, 0.15) is 5.75 Å². The van der Waals surface area contributed by atoms with Gasteiger partial charge in [-0.1, -0.05) is 53.0 Å². The minimum atomic E-state index is -0.241. The van der Waals surface area contributed by atoms with E-state index in [0.29, 0.717) is 22.7 Å². The van der Waals surface area contributed by atoms with Gasteiger partial charge in [0, 0.05) is 6.54 Å². The van der Waals surface area contributed by atoms with Crippen LogP contribution in [0.25, 0.3) is 0 Å². The van der Waals surface area contributed by atoms with Crippen molar-refractivity contribution in [3.63, 3.8) is 0 Å². The topological polar surface area (TPSA) is 50.4 Å². The number of carbonyl (C=O) groups is 1. The number of ether oxygens (including phenoxy) is 1. The predicted octanol–water partition coefficient (Wildman–Crippen LogP) is 4.70. The molecule has 1 unspecified atom stereocenters. The molecule has 0 heterocycles. The van der Waals surface area contributed by atoms with Crippen LogP contribution in [0, 0.1) is 12.8 Å². The molecule has 0 saturated heterocycles. The van der Waals surface area contributed by atoms with E-state index in [0.717, 1.165) is 13.0 Å². The fourth-order valence-corrected chi connectivity index (χ4v) is 3.12. The number of nitrogens with one attached hydrogen (secondary N) is 2. The first-order chi connectivity index (χ1) is 12.4. The summed E-state index contributed by atoms with van der Waals surface area (Å²) in [6.45, 7) is 11.5. The molecule has 0 saturated carbocycles. The lowest BCUT2D eigenvalue weighted by atomic mass is 9.98. The van der Waals surface area contributed by atoms with Crippen molar-refractivity contribution in [2.24, 2.45) is 5.92 Å². The first kappa shape index (κ1) is 22.4. The number of thiocarbonyl (C=S) groups is 1. The fraction of sp³-hybridized carbons (Fsp3) is 0.619. The quantitative estimate of drug-likeness (QED) is 0.579. The van der Waals surface area contributed by atoms with Gasteiger partial charge in [-0.2, -0.15) is 0 Å². The van der Waals surface area contributed by atoms with Gasteiger partial charge in [-0.15, -0.1) is 0 Å². The molecule has 0 spiro atoms. The SMILES string of the molecule is CCCCC(CC)CNC(=S)NC(=O)COc1ccc(C(C)C)c(C)c1. The molecule has 0 aliphatic rings. The van der Waals surface area contributed by atoms with Crippen molar-refractivity contribution < 1.29 is 9.53 Å². The molecule has 146 valence electrons. The van der Waals surface area contributed by atoms with Gasteiger partial charge in [-0.25, -0.2) is 0 Å². The van der Waals surface area contributed by atoms with Crippen molar-refractivity contribution in [1.29, 1.82) is 0 Å². The number of hydrogen-bond donors (Lipinski definition) is 2. The minimum Gasteiger partial charge on any atom is -0.484 e. The van der Waals surface area contributed by atoms with Crippen molar-refractivity contribution in [3.8, 4) is 5.75 Å². The smallest absolute Gasteiger partial charge is 0.264 e. The maximum atomic E-state index is 12.0. The second-order valence-electron chi connectivity index (χ2n) is 7.14. The minimum absolute atomic E-state index is 0.0463. The van der Waals surface area contributed by atoms with E-state index in [-0.39, 0.29) is 12.5 Å². The van der Waals surface area contributed by atoms with E-state index in [9.17, 15) is 4.79 Å². The summed E-state index contributed by atoms with van der Waals surface area (Å²) in [5, 5.41) is 6.21. The van der Waals surface area contributed by atoms with Crippen LogP contribution in [-0.4, -0.2) is 24.2 Å². The standard InChI is InChI=1S/C21H34N2O2S/c1-6-8-9-17(7-2)13-22-21(26)23-20(24)14-25-18-10-11-19(15(3)4)16(5)12-18/h10-12,15,17H,6-9,13-14H2,1-5H3,(H2,22,23,24,26). The third-order valence-electron chi connectivity index (χ3n) is 4.58. The Bertz CT molecular complexity index is 587. The van der Waals surface area contributed by atoms with Crippen LogP contribution in [0.5, 0.6) is 5.75 Å². The van der Waals surface area contributed by atoms with Crippen molar-refractivity contribution >= 4 is 23.2 Å². The van der Waals surface area contributed by atoms with Gasteiger partial charge >= 0.3 is 0 Å². The summed E-state index contributed by atoms with van der Waals surface area (Å²) in [6.07, 6.45) is 4.72. The van der Waals surface area contributed by atoms with Crippen LogP contribution >= 0.6 is 12.2 Å². The number of unbranched alkanes of at least 4 members (excludes halogenated alkanes) is 1. The van der Waals surface area contributed by atoms with Crippen LogP contribution in [0.1, 0.15) is 70.4 Å². The maximum absolute atomic E-state index is 12.0. The van der Waals surface area contributed by atoms with Gasteiger partial charge in [0.25, 0.3) is 5.91 Å². The van der Waals surface area contributed by atoms with E-state index in [2.05, 4.69) is 51.3 Å². The summed E-state index contributed by atoms with van der Waals surface area (Å²) in [5.41, 5.74) is 2.47. The van der Waals surface area contributed by atoms with E-state index in [4.69, 9.17) is 17.0 Å². The summed E-state index contributed by atoms with van der Waals surface area (Å²) in [6, 6.07) is 5.94. The number of aryl methyl sites for hydroxylation is 1. The average molecular weight is 379 g/mol. The van der Waals surface area contributed by atoms with Crippen LogP contribution < -0.4 is 15.4 Å². The molecule has 1 amide bonds. The molecule has 5 heteroatoms. The molecular formula is C21H34N2O2S. The summed E-state index contributed by atoms with van der Waals surface area (Å²) >= 11 is 5.21. The van der Waals surface area contributed by atoms with E-state index in [1.54, 1.807) is 0 Å². The lowest BCUT2D eigenvalue weighted by molar-refractivity contribution is -0.121. The van der Waals surface area contributed by atoms with E-state index in [1.165, 1.54) is 30.4 Å². The highest BCUT2D eigenvalue weighted by Gasteiger charge is 2.10. The zero-order valence-electron chi connectivity index (χ0n) is 16.9. The van der Waals surface area contributed by atoms with Gasteiger partial charge < -0.3 is 15.4 Å². The second kappa shape index (κ2) is 11.9. The normalized spacial score (nSPS) is 11.9. The van der Waals surface area contributed by atoms with Gasteiger partial charge in [0.05, 0.1) is 0 Å². The summed E-state index contributed by atoms with van der Waals surface area (Å²) < 4.78 is 5.58. The number of hydrogen-bond acceptors (Lipinski definition) is 3. The summed E-state index contributed by atoms with van der Waals surface area (Å²) in [7, 11) is 0. The zero-order valence-corrected chi connectivity index (χ0v) is 17.7. The Labute approximate surface area is 164 Å². The number of carbonyl (C=O) groups excluding carboxylic acids is 1. The fourth-order valence-electron chi connectivity index (χ4n) is 2.92. The third-order valence-corrected chi connectivity index (χ3v) is 4.83. The highest BCUT2D eigenvalue weighted by Crippen LogP contribution is 2.23. The van der Waals surface area contributed by atoms with Crippen LogP contribution in [0.2, 0.25) is 0 Å². The molecule has 2 N–H and O–H groups in total. The Hall–Kier alpha value is -1.62. The van der Waals surface area contributed by atoms with Crippen LogP contribution in [0.4, 0.5) is 0 Å². The molecule has 0 aliphatic heterocycles. The predicted molar refractivity (Wildman–Crippen MR) is 113 cm³/mol. The van der Waals surface area contributed by atoms with E-state index in [1.807, 2.05) is 12.1 Å². The van der Waals surface area contributed by atoms with E-state index < -0.39 is 0 Å². The number of amides is 1. The molecule has 1 aromatic carbocycles. The van der Waals surface area contributed by atoms with E-state index >= 15 is 0 Å².